The lowest BCUT2D eigenvalue weighted by Crippen LogP contribution is -2.19. The fourth-order valence-electron chi connectivity index (χ4n) is 1.48. The van der Waals surface area contributed by atoms with Gasteiger partial charge in [-0.2, -0.15) is 18.2 Å². The molecule has 0 aliphatic carbocycles. The lowest BCUT2D eigenvalue weighted by Gasteiger charge is -2.09. The zero-order valence-electron chi connectivity index (χ0n) is 9.65. The summed E-state index contributed by atoms with van der Waals surface area (Å²) in [5.74, 6) is 0.230. The van der Waals surface area contributed by atoms with Gasteiger partial charge in [0.25, 0.3) is 0 Å². The minimum absolute atomic E-state index is 0.0709. The van der Waals surface area contributed by atoms with E-state index in [9.17, 15) is 18.0 Å². The molecule has 0 aromatic carbocycles. The molecule has 2 aromatic rings. The average Bonchev–Trinajstić information content (AvgIpc) is 2.37. The lowest BCUT2D eigenvalue weighted by atomic mass is 10.2. The number of alkyl halides is 3. The summed E-state index contributed by atoms with van der Waals surface area (Å²) in [6.45, 7) is 0. The maximum absolute atomic E-state index is 12.6. The van der Waals surface area contributed by atoms with E-state index in [1.807, 2.05) is 0 Å². The van der Waals surface area contributed by atoms with Crippen molar-refractivity contribution in [2.75, 3.05) is 7.11 Å². The molecule has 0 radical (unpaired) electrons. The molecule has 0 saturated carbocycles. The van der Waals surface area contributed by atoms with Gasteiger partial charge in [0.1, 0.15) is 22.8 Å². The van der Waals surface area contributed by atoms with Crippen LogP contribution in [0.4, 0.5) is 13.2 Å². The number of pyridine rings is 1. The molecule has 0 spiro atoms. The van der Waals surface area contributed by atoms with Crippen molar-refractivity contribution in [2.24, 2.45) is 0 Å². The fraction of sp³-hybridized carbons (Fsp3) is 0.182. The Labute approximate surface area is 105 Å². The zero-order chi connectivity index (χ0) is 14.0. The third-order valence-electron chi connectivity index (χ3n) is 2.28. The summed E-state index contributed by atoms with van der Waals surface area (Å²) in [6.07, 6.45) is -3.30. The van der Waals surface area contributed by atoms with Gasteiger partial charge in [0, 0.05) is 6.20 Å². The standard InChI is InChI=1S/C11H8F3N3O2/c1-19-7-3-2-4-15-9(7)6-5-8(11(12,13)14)17-10(18)16-6/h2-5H,1H3,(H,16,17,18). The van der Waals surface area contributed by atoms with Crippen LogP contribution in [0.3, 0.4) is 0 Å². The number of methoxy groups -OCH3 is 1. The minimum Gasteiger partial charge on any atom is -0.494 e. The molecule has 8 heteroatoms. The smallest absolute Gasteiger partial charge is 0.431 e. The van der Waals surface area contributed by atoms with Crippen molar-refractivity contribution in [1.29, 1.82) is 0 Å². The molecule has 2 rings (SSSR count). The average molecular weight is 271 g/mol. The van der Waals surface area contributed by atoms with Gasteiger partial charge in [-0.25, -0.2) is 4.79 Å². The number of nitrogens with zero attached hydrogens (tertiary/aromatic N) is 2. The van der Waals surface area contributed by atoms with Crippen LogP contribution in [0.5, 0.6) is 5.75 Å². The second kappa shape index (κ2) is 4.71. The van der Waals surface area contributed by atoms with Crippen LogP contribution in [0.25, 0.3) is 11.4 Å². The molecule has 2 heterocycles. The first kappa shape index (κ1) is 13.1. The Morgan fingerprint density at radius 3 is 2.74 bits per heavy atom. The molecule has 0 aliphatic rings. The number of hydrogen-bond acceptors (Lipinski definition) is 4. The number of H-pyrrole nitrogens is 1. The highest BCUT2D eigenvalue weighted by atomic mass is 19.4. The van der Waals surface area contributed by atoms with Crippen LogP contribution < -0.4 is 10.4 Å². The van der Waals surface area contributed by atoms with E-state index >= 15 is 0 Å². The van der Waals surface area contributed by atoms with Gasteiger partial charge in [0.2, 0.25) is 0 Å². The molecule has 2 aromatic heterocycles. The van der Waals surface area contributed by atoms with Crippen LogP contribution in [0, 0.1) is 0 Å². The van der Waals surface area contributed by atoms with Crippen molar-refractivity contribution in [3.63, 3.8) is 0 Å². The van der Waals surface area contributed by atoms with Crippen molar-refractivity contribution < 1.29 is 17.9 Å². The van der Waals surface area contributed by atoms with E-state index in [4.69, 9.17) is 4.74 Å². The minimum atomic E-state index is -4.67. The first-order chi connectivity index (χ1) is 8.91. The number of hydrogen-bond donors (Lipinski definition) is 1. The Hall–Kier alpha value is -2.38. The molecule has 0 unspecified atom stereocenters. The Morgan fingerprint density at radius 1 is 1.37 bits per heavy atom. The van der Waals surface area contributed by atoms with Gasteiger partial charge in [-0.05, 0) is 18.2 Å². The Balaban J connectivity index is 2.63. The number of aromatic nitrogens is 3. The quantitative estimate of drug-likeness (QED) is 0.905. The maximum atomic E-state index is 12.6. The molecule has 1 N–H and O–H groups in total. The highest BCUT2D eigenvalue weighted by Crippen LogP contribution is 2.30. The molecule has 5 nitrogen and oxygen atoms in total. The van der Waals surface area contributed by atoms with Gasteiger partial charge < -0.3 is 9.72 Å². The van der Waals surface area contributed by atoms with E-state index in [0.29, 0.717) is 6.07 Å². The zero-order valence-corrected chi connectivity index (χ0v) is 9.65. The number of halogens is 3. The monoisotopic (exact) mass is 271 g/mol. The first-order valence-corrected chi connectivity index (χ1v) is 5.10. The van der Waals surface area contributed by atoms with Crippen LogP contribution in [-0.4, -0.2) is 22.1 Å². The van der Waals surface area contributed by atoms with Crippen molar-refractivity contribution in [3.05, 3.63) is 40.6 Å². The molecule has 0 amide bonds. The van der Waals surface area contributed by atoms with Crippen LogP contribution in [0.15, 0.2) is 29.2 Å². The Kier molecular flexibility index (Phi) is 3.24. The van der Waals surface area contributed by atoms with Gasteiger partial charge >= 0.3 is 11.9 Å². The predicted octanol–water partition coefficient (Wildman–Crippen LogP) is 1.86. The van der Waals surface area contributed by atoms with E-state index < -0.39 is 17.6 Å². The third kappa shape index (κ3) is 2.72. The number of ether oxygens (including phenoxy) is 1. The molecule has 100 valence electrons. The molecule has 0 aliphatic heterocycles. The molecule has 19 heavy (non-hydrogen) atoms. The number of aromatic amines is 1. The third-order valence-corrected chi connectivity index (χ3v) is 2.28. The second-order valence-corrected chi connectivity index (χ2v) is 3.54. The molecule has 0 saturated heterocycles. The summed E-state index contributed by atoms with van der Waals surface area (Å²) in [4.78, 5) is 20.2. The van der Waals surface area contributed by atoms with Gasteiger partial charge in [0.05, 0.1) is 7.11 Å². The summed E-state index contributed by atoms with van der Waals surface area (Å²) in [5.41, 5.74) is -2.41. The highest BCUT2D eigenvalue weighted by Gasteiger charge is 2.33. The van der Waals surface area contributed by atoms with E-state index in [0.717, 1.165) is 0 Å². The van der Waals surface area contributed by atoms with E-state index in [1.165, 1.54) is 19.4 Å². The van der Waals surface area contributed by atoms with Gasteiger partial charge in [-0.3, -0.25) is 4.98 Å². The largest absolute Gasteiger partial charge is 0.494 e. The summed E-state index contributed by atoms with van der Waals surface area (Å²) in [7, 11) is 1.35. The molecular weight excluding hydrogens is 263 g/mol. The van der Waals surface area contributed by atoms with Crippen LogP contribution in [0.2, 0.25) is 0 Å². The van der Waals surface area contributed by atoms with Crippen molar-refractivity contribution in [1.82, 2.24) is 15.0 Å². The van der Waals surface area contributed by atoms with Crippen molar-refractivity contribution in [2.45, 2.75) is 6.18 Å². The summed E-state index contributed by atoms with van der Waals surface area (Å²) >= 11 is 0. The lowest BCUT2D eigenvalue weighted by molar-refractivity contribution is -0.141. The first-order valence-electron chi connectivity index (χ1n) is 5.10. The maximum Gasteiger partial charge on any atom is 0.431 e. The highest BCUT2D eigenvalue weighted by molar-refractivity contribution is 5.62. The summed E-state index contributed by atoms with van der Waals surface area (Å²) in [6, 6.07) is 3.78. The molecule has 0 bridgehead atoms. The van der Waals surface area contributed by atoms with Crippen molar-refractivity contribution in [3.8, 4) is 17.1 Å². The normalized spacial score (nSPS) is 11.4. The Morgan fingerprint density at radius 2 is 2.11 bits per heavy atom. The van der Waals surface area contributed by atoms with Crippen LogP contribution in [-0.2, 0) is 6.18 Å². The SMILES string of the molecule is COc1cccnc1-c1cc(C(F)(F)F)[nH]c(=O)n1. The van der Waals surface area contributed by atoms with E-state index in [-0.39, 0.29) is 17.1 Å². The Bertz CT molecular complexity index is 652. The fourth-order valence-corrected chi connectivity index (χ4v) is 1.48. The van der Waals surface area contributed by atoms with Crippen LogP contribution in [0.1, 0.15) is 5.69 Å². The summed E-state index contributed by atoms with van der Waals surface area (Å²) in [5, 5.41) is 0. The molecular formula is C11H8F3N3O2. The van der Waals surface area contributed by atoms with Gasteiger partial charge in [-0.1, -0.05) is 0 Å². The van der Waals surface area contributed by atoms with E-state index in [1.54, 1.807) is 11.1 Å². The second-order valence-electron chi connectivity index (χ2n) is 3.54. The summed E-state index contributed by atoms with van der Waals surface area (Å²) < 4.78 is 42.8. The van der Waals surface area contributed by atoms with Crippen LogP contribution >= 0.6 is 0 Å². The number of rotatable bonds is 2. The molecule has 0 fully saturated rings. The van der Waals surface area contributed by atoms with Gasteiger partial charge in [0.15, 0.2) is 0 Å². The predicted molar refractivity (Wildman–Crippen MR) is 59.6 cm³/mol. The van der Waals surface area contributed by atoms with E-state index in [2.05, 4.69) is 9.97 Å². The number of nitrogens with one attached hydrogen (secondary N) is 1. The van der Waals surface area contributed by atoms with Crippen molar-refractivity contribution >= 4 is 0 Å². The molecule has 0 atom stereocenters. The van der Waals surface area contributed by atoms with Gasteiger partial charge in [-0.15, -0.1) is 0 Å². The topological polar surface area (TPSA) is 67.9 Å².